The molecule has 0 bridgehead atoms. The summed E-state index contributed by atoms with van der Waals surface area (Å²) in [5.41, 5.74) is 0. The number of hydrogen-bond donors (Lipinski definition) is 2. The number of rotatable bonds is 3. The van der Waals surface area contributed by atoms with Crippen molar-refractivity contribution in [3.05, 3.63) is 0 Å². The molecule has 2 rings (SSSR count). The third kappa shape index (κ3) is 4.13. The minimum atomic E-state index is -4.11. The second-order valence-corrected chi connectivity index (χ2v) is 5.04. The maximum Gasteiger partial charge on any atom is 0.401 e. The van der Waals surface area contributed by atoms with Crippen LogP contribution in [0.15, 0.2) is 0 Å². The minimum Gasteiger partial charge on any atom is -0.354 e. The lowest BCUT2D eigenvalue weighted by atomic mass is 10.0. The maximum atomic E-state index is 12.2. The molecule has 2 saturated heterocycles. The Bertz CT molecular complexity index is 300. The molecule has 0 aliphatic carbocycles. The monoisotopic (exact) mass is 265 g/mol. The van der Waals surface area contributed by atoms with Gasteiger partial charge in [0.2, 0.25) is 5.91 Å². The van der Waals surface area contributed by atoms with Gasteiger partial charge in [-0.15, -0.1) is 0 Å². The number of carbonyl (C=O) groups is 1. The Morgan fingerprint density at radius 1 is 1.28 bits per heavy atom. The number of nitrogens with zero attached hydrogens (tertiary/aromatic N) is 1. The summed E-state index contributed by atoms with van der Waals surface area (Å²) >= 11 is 0. The highest BCUT2D eigenvalue weighted by Gasteiger charge is 2.33. The second-order valence-electron chi connectivity index (χ2n) is 5.04. The Morgan fingerprint density at radius 2 is 1.94 bits per heavy atom. The fraction of sp³-hybridized carbons (Fsp3) is 0.909. The van der Waals surface area contributed by atoms with Gasteiger partial charge < -0.3 is 10.6 Å². The molecule has 0 saturated carbocycles. The van der Waals surface area contributed by atoms with Gasteiger partial charge in [-0.3, -0.25) is 9.69 Å². The van der Waals surface area contributed by atoms with Gasteiger partial charge in [-0.1, -0.05) is 0 Å². The molecule has 104 valence electrons. The van der Waals surface area contributed by atoms with E-state index < -0.39 is 12.7 Å². The zero-order chi connectivity index (χ0) is 13.2. The van der Waals surface area contributed by atoms with Gasteiger partial charge in [0.1, 0.15) is 0 Å². The predicted molar refractivity (Wildman–Crippen MR) is 60.1 cm³/mol. The molecule has 0 radical (unpaired) electrons. The number of nitrogens with one attached hydrogen (secondary N) is 2. The summed E-state index contributed by atoms with van der Waals surface area (Å²) in [7, 11) is 0. The van der Waals surface area contributed by atoms with E-state index in [-0.39, 0.29) is 18.0 Å². The van der Waals surface area contributed by atoms with Crippen molar-refractivity contribution in [1.29, 1.82) is 0 Å². The summed E-state index contributed by atoms with van der Waals surface area (Å²) in [5.74, 6) is 0.0435. The van der Waals surface area contributed by atoms with Crippen molar-refractivity contribution in [2.45, 2.75) is 37.5 Å². The lowest BCUT2D eigenvalue weighted by molar-refractivity contribution is -0.148. The smallest absolute Gasteiger partial charge is 0.354 e. The Kier molecular flexibility index (Phi) is 4.11. The zero-order valence-electron chi connectivity index (χ0n) is 10.1. The van der Waals surface area contributed by atoms with Crippen molar-refractivity contribution in [2.75, 3.05) is 26.2 Å². The van der Waals surface area contributed by atoms with Crippen LogP contribution in [0.3, 0.4) is 0 Å². The van der Waals surface area contributed by atoms with Crippen molar-refractivity contribution in [3.63, 3.8) is 0 Å². The predicted octanol–water partition coefficient (Wildman–Crippen LogP) is 0.491. The van der Waals surface area contributed by atoms with Crippen molar-refractivity contribution in [2.24, 2.45) is 0 Å². The highest BCUT2D eigenvalue weighted by atomic mass is 19.4. The first-order chi connectivity index (χ1) is 8.42. The molecule has 0 spiro atoms. The van der Waals surface area contributed by atoms with E-state index in [9.17, 15) is 18.0 Å². The summed E-state index contributed by atoms with van der Waals surface area (Å²) in [6.07, 6.45) is -2.22. The summed E-state index contributed by atoms with van der Waals surface area (Å²) < 4.78 is 36.6. The lowest BCUT2D eigenvalue weighted by Crippen LogP contribution is -2.48. The van der Waals surface area contributed by atoms with Crippen LogP contribution in [-0.2, 0) is 4.79 Å². The number of piperidine rings is 1. The molecule has 0 aromatic carbocycles. The first-order valence-electron chi connectivity index (χ1n) is 6.24. The summed E-state index contributed by atoms with van der Waals surface area (Å²) in [5, 5.41) is 6.08. The Morgan fingerprint density at radius 3 is 2.44 bits per heavy atom. The molecule has 18 heavy (non-hydrogen) atoms. The van der Waals surface area contributed by atoms with Gasteiger partial charge in [0.15, 0.2) is 0 Å². The van der Waals surface area contributed by atoms with Crippen LogP contribution in [0.1, 0.15) is 19.3 Å². The molecule has 2 heterocycles. The van der Waals surface area contributed by atoms with Crippen LogP contribution < -0.4 is 10.6 Å². The average Bonchev–Trinajstić information content (AvgIpc) is 2.65. The molecule has 0 aromatic heterocycles. The maximum absolute atomic E-state index is 12.2. The molecule has 2 N–H and O–H groups in total. The molecule has 2 aliphatic rings. The van der Waals surface area contributed by atoms with Gasteiger partial charge in [-0.2, -0.15) is 13.2 Å². The highest BCUT2D eigenvalue weighted by molar-refractivity contribution is 5.78. The summed E-state index contributed by atoms with van der Waals surface area (Å²) in [6, 6.07) is 0.365. The van der Waals surface area contributed by atoms with E-state index in [2.05, 4.69) is 10.6 Å². The van der Waals surface area contributed by atoms with Crippen molar-refractivity contribution in [3.8, 4) is 0 Å². The van der Waals surface area contributed by atoms with E-state index in [1.54, 1.807) is 0 Å². The fourth-order valence-electron chi connectivity index (χ4n) is 2.57. The zero-order valence-corrected chi connectivity index (χ0v) is 10.1. The molecule has 2 aliphatic heterocycles. The number of alkyl halides is 3. The normalized spacial score (nSPS) is 27.5. The van der Waals surface area contributed by atoms with Gasteiger partial charge in [0, 0.05) is 25.0 Å². The summed E-state index contributed by atoms with van der Waals surface area (Å²) in [4.78, 5) is 12.5. The van der Waals surface area contributed by atoms with Crippen LogP contribution in [0.4, 0.5) is 13.2 Å². The summed E-state index contributed by atoms with van der Waals surface area (Å²) in [6.45, 7) is 0.737. The number of amides is 1. The van der Waals surface area contributed by atoms with Crippen LogP contribution in [0.5, 0.6) is 0 Å². The van der Waals surface area contributed by atoms with Gasteiger partial charge in [-0.25, -0.2) is 0 Å². The van der Waals surface area contributed by atoms with Crippen LogP contribution in [0.2, 0.25) is 0 Å². The first kappa shape index (κ1) is 13.6. The van der Waals surface area contributed by atoms with Crippen LogP contribution in [-0.4, -0.2) is 55.2 Å². The van der Waals surface area contributed by atoms with E-state index in [4.69, 9.17) is 0 Å². The third-order valence-corrected chi connectivity index (χ3v) is 3.44. The average molecular weight is 265 g/mol. The number of halogens is 3. The highest BCUT2D eigenvalue weighted by Crippen LogP contribution is 2.20. The Balaban J connectivity index is 1.69. The van der Waals surface area contributed by atoms with Crippen LogP contribution >= 0.6 is 0 Å². The number of carbonyl (C=O) groups excluding carboxylic acids is 1. The van der Waals surface area contributed by atoms with Crippen LogP contribution in [0, 0.1) is 0 Å². The molecule has 1 unspecified atom stereocenters. The topological polar surface area (TPSA) is 44.4 Å². The van der Waals surface area contributed by atoms with Crippen molar-refractivity contribution < 1.29 is 18.0 Å². The van der Waals surface area contributed by atoms with Gasteiger partial charge in [-0.05, 0) is 25.9 Å². The van der Waals surface area contributed by atoms with E-state index in [1.807, 2.05) is 0 Å². The number of likely N-dealkylation sites (tertiary alicyclic amines) is 1. The second kappa shape index (κ2) is 5.44. The minimum absolute atomic E-state index is 0.0435. The molecule has 4 nitrogen and oxygen atoms in total. The molecule has 1 atom stereocenters. The molecule has 2 fully saturated rings. The van der Waals surface area contributed by atoms with E-state index >= 15 is 0 Å². The van der Waals surface area contributed by atoms with Gasteiger partial charge in [0.05, 0.1) is 6.54 Å². The van der Waals surface area contributed by atoms with Gasteiger partial charge >= 0.3 is 6.18 Å². The van der Waals surface area contributed by atoms with E-state index in [0.717, 1.165) is 0 Å². The quantitative estimate of drug-likeness (QED) is 0.780. The molecule has 0 aromatic rings. The standard InChI is InChI=1S/C11H18F3N3O/c12-11(13,14)7-17-3-1-8(2-4-17)16-9-5-10(18)15-6-9/h8-9,16H,1-7H2,(H,15,18). The third-order valence-electron chi connectivity index (χ3n) is 3.44. The van der Waals surface area contributed by atoms with Gasteiger partial charge in [0.25, 0.3) is 0 Å². The first-order valence-corrected chi connectivity index (χ1v) is 6.24. The molecular formula is C11H18F3N3O. The molecule has 1 amide bonds. The van der Waals surface area contributed by atoms with E-state index in [0.29, 0.717) is 38.9 Å². The van der Waals surface area contributed by atoms with Crippen molar-refractivity contribution >= 4 is 5.91 Å². The Labute approximate surface area is 104 Å². The van der Waals surface area contributed by atoms with Crippen molar-refractivity contribution in [1.82, 2.24) is 15.5 Å². The number of hydrogen-bond acceptors (Lipinski definition) is 3. The van der Waals surface area contributed by atoms with Crippen LogP contribution in [0.25, 0.3) is 0 Å². The SMILES string of the molecule is O=C1CC(NC2CCN(CC(F)(F)F)CC2)CN1. The largest absolute Gasteiger partial charge is 0.401 e. The molecular weight excluding hydrogens is 247 g/mol. The lowest BCUT2D eigenvalue weighted by Gasteiger charge is -2.33. The van der Waals surface area contributed by atoms with E-state index in [1.165, 1.54) is 4.90 Å². The molecule has 7 heteroatoms. The Hall–Kier alpha value is -0.820. The fourth-order valence-corrected chi connectivity index (χ4v) is 2.57.